The van der Waals surface area contributed by atoms with E-state index in [9.17, 15) is 29.6 Å². The molecule has 0 unspecified atom stereocenters. The Labute approximate surface area is 214 Å². The van der Waals surface area contributed by atoms with Crippen molar-refractivity contribution in [3.8, 4) is 5.75 Å². The minimum Gasteiger partial charge on any atom is -0.508 e. The third-order valence-corrected chi connectivity index (χ3v) is 7.71. The number of aliphatic hydroxyl groups excluding tert-OH is 1. The van der Waals surface area contributed by atoms with Gasteiger partial charge in [-0.05, 0) is 72.8 Å². The lowest BCUT2D eigenvalue weighted by Crippen LogP contribution is -2.46. The molecule has 2 heterocycles. The lowest BCUT2D eigenvalue weighted by atomic mass is 9.58. The summed E-state index contributed by atoms with van der Waals surface area (Å²) in [6, 6.07) is 4.76. The van der Waals surface area contributed by atoms with Crippen molar-refractivity contribution in [2.75, 3.05) is 13.7 Å². The van der Waals surface area contributed by atoms with Gasteiger partial charge in [0.1, 0.15) is 5.75 Å². The first kappa shape index (κ1) is 26.4. The number of aromatic hydroxyl groups is 1. The molecule has 0 saturated carbocycles. The Bertz CT molecular complexity index is 1140. The maximum Gasteiger partial charge on any atom is 0.455 e. The van der Waals surface area contributed by atoms with Crippen molar-refractivity contribution in [2.45, 2.75) is 45.0 Å². The van der Waals surface area contributed by atoms with Crippen molar-refractivity contribution in [1.82, 2.24) is 4.90 Å². The summed E-state index contributed by atoms with van der Waals surface area (Å²) < 4.78 is 10.5. The number of phenols is 1. The molecule has 2 fully saturated rings. The first-order chi connectivity index (χ1) is 17.2. The number of phenolic OH excluding ortho intramolecular Hbond substituents is 1. The third-order valence-electron chi connectivity index (χ3n) is 7.38. The fourth-order valence-electron chi connectivity index (χ4n) is 5.70. The molecular weight excluding hydrogens is 489 g/mol. The molecule has 1 aromatic carbocycles. The highest BCUT2D eigenvalue weighted by Crippen LogP contribution is 2.50. The first-order valence-corrected chi connectivity index (χ1v) is 12.4. The summed E-state index contributed by atoms with van der Waals surface area (Å²) in [5.74, 6) is -3.34. The highest BCUT2D eigenvalue weighted by Gasteiger charge is 2.59. The number of rotatable bonds is 6. The smallest absolute Gasteiger partial charge is 0.455 e. The van der Waals surface area contributed by atoms with E-state index in [-0.39, 0.29) is 25.1 Å². The van der Waals surface area contributed by atoms with Crippen LogP contribution in [-0.2, 0) is 19.0 Å². The molecule has 192 valence electrons. The number of benzene rings is 1. The zero-order valence-corrected chi connectivity index (χ0v) is 20.9. The predicted molar refractivity (Wildman–Crippen MR) is 132 cm³/mol. The van der Waals surface area contributed by atoms with Crippen molar-refractivity contribution in [3.63, 3.8) is 0 Å². The highest BCUT2D eigenvalue weighted by molar-refractivity contribution is 6.43. The zero-order valence-electron chi connectivity index (χ0n) is 20.1. The number of fused-ring (bicyclic) bond motifs is 3. The average Bonchev–Trinajstić information content (AvgIpc) is 3.11. The minimum atomic E-state index is -1.15. The Morgan fingerprint density at radius 3 is 2.69 bits per heavy atom. The van der Waals surface area contributed by atoms with Crippen LogP contribution in [0.3, 0.4) is 0 Å². The number of ether oxygens (including phenoxy) is 1. The molecule has 9 nitrogen and oxygen atoms in total. The number of likely N-dealkylation sites (tertiary alicyclic amines) is 1. The third kappa shape index (κ3) is 4.82. The van der Waals surface area contributed by atoms with E-state index in [1.165, 1.54) is 6.07 Å². The van der Waals surface area contributed by atoms with Gasteiger partial charge in [0.05, 0.1) is 36.7 Å². The van der Waals surface area contributed by atoms with Gasteiger partial charge >= 0.3 is 13.2 Å². The number of nitrogens with zero attached hydrogens (tertiary/aromatic N) is 1. The molecule has 0 aromatic heterocycles. The van der Waals surface area contributed by atoms with Gasteiger partial charge in [-0.15, -0.1) is 0 Å². The average molecular weight is 518 g/mol. The Morgan fingerprint density at radius 2 is 2.06 bits per heavy atom. The predicted octanol–water partition coefficient (Wildman–Crippen LogP) is 3.17. The van der Waals surface area contributed by atoms with Crippen molar-refractivity contribution in [1.29, 1.82) is 0 Å². The number of imide groups is 3. The molecule has 0 radical (unpaired) electrons. The molecule has 2 saturated heterocycles. The summed E-state index contributed by atoms with van der Waals surface area (Å²) in [5, 5.41) is 30.7. The molecule has 3 aliphatic rings. The second-order valence-electron chi connectivity index (χ2n) is 9.36. The molecule has 36 heavy (non-hydrogen) atoms. The number of halogens is 1. The van der Waals surface area contributed by atoms with E-state index < -0.39 is 48.9 Å². The molecule has 3 amide bonds. The fourth-order valence-corrected chi connectivity index (χ4v) is 5.93. The number of aliphatic hydroxyl groups is 1. The Hall–Kier alpha value is -2.66. The number of hydrogen-bond donors (Lipinski definition) is 3. The van der Waals surface area contributed by atoms with Crippen LogP contribution in [0, 0.1) is 17.8 Å². The molecule has 4 atom stereocenters. The number of allylic oxidation sites excluding steroid dienone is 1. The molecule has 2 aliphatic heterocycles. The first-order valence-electron chi connectivity index (χ1n) is 12.0. The topological polar surface area (TPSA) is 134 Å². The second-order valence-corrected chi connectivity index (χ2v) is 9.76. The van der Waals surface area contributed by atoms with E-state index in [1.807, 2.05) is 13.0 Å². The van der Waals surface area contributed by atoms with Gasteiger partial charge in [-0.3, -0.25) is 9.59 Å². The summed E-state index contributed by atoms with van der Waals surface area (Å²) >= 11 is 6.26. The van der Waals surface area contributed by atoms with Crippen molar-refractivity contribution < 1.29 is 39.0 Å². The SMILES string of the molecule is CC/C(=C\c1ccc(O)cc1Cl)CC[C@H]1OB(O)C[C@H]2C1=C(CO)C[C@H]1C(=O)N(C(=O)OC)C(=O)[C@H]12. The maximum absolute atomic E-state index is 13.1. The van der Waals surface area contributed by atoms with Gasteiger partial charge in [0.15, 0.2) is 0 Å². The van der Waals surface area contributed by atoms with E-state index in [0.717, 1.165) is 30.2 Å². The van der Waals surface area contributed by atoms with Crippen LogP contribution < -0.4 is 0 Å². The standard InChI is InChI=1S/C25H29BClNO8/c1-3-13(8-14-5-6-16(30)10-19(14)27)4-7-20-21-15(12-29)9-17-22(18(21)11-26(34)36-20)24(32)28(23(17)31)25(33)35-2/h5-6,8,10,17-18,20,22,29-30,34H,3-4,7,9,11-12H2,1-2H3/b13-8+/t17-,18+,20-,22-/m1/s1. The monoisotopic (exact) mass is 517 g/mol. The molecule has 4 rings (SSSR count). The van der Waals surface area contributed by atoms with Crippen LogP contribution in [0.5, 0.6) is 5.75 Å². The number of carbonyl (C=O) groups is 3. The van der Waals surface area contributed by atoms with Crippen LogP contribution in [0.1, 0.15) is 38.2 Å². The van der Waals surface area contributed by atoms with Crippen molar-refractivity contribution in [2.24, 2.45) is 17.8 Å². The Balaban J connectivity index is 1.61. The van der Waals surface area contributed by atoms with E-state index in [1.54, 1.807) is 12.1 Å². The van der Waals surface area contributed by atoms with E-state index in [4.69, 9.17) is 16.3 Å². The summed E-state index contributed by atoms with van der Waals surface area (Å²) in [6.45, 7) is 1.69. The van der Waals surface area contributed by atoms with Gasteiger partial charge in [-0.1, -0.05) is 30.2 Å². The van der Waals surface area contributed by atoms with Gasteiger partial charge < -0.3 is 24.6 Å². The largest absolute Gasteiger partial charge is 0.508 e. The van der Waals surface area contributed by atoms with E-state index >= 15 is 0 Å². The lowest BCUT2D eigenvalue weighted by Gasteiger charge is -2.42. The van der Waals surface area contributed by atoms with Crippen LogP contribution in [0.2, 0.25) is 11.3 Å². The Morgan fingerprint density at radius 1 is 1.31 bits per heavy atom. The number of methoxy groups -OCH3 is 1. The van der Waals surface area contributed by atoms with Crippen molar-refractivity contribution in [3.05, 3.63) is 45.5 Å². The summed E-state index contributed by atoms with van der Waals surface area (Å²) in [4.78, 5) is 38.7. The normalized spacial score (nSPS) is 26.3. The van der Waals surface area contributed by atoms with Crippen LogP contribution in [0.25, 0.3) is 6.08 Å². The quantitative estimate of drug-likeness (QED) is 0.298. The number of carbonyl (C=O) groups excluding carboxylic acids is 3. The Kier molecular flexibility index (Phi) is 7.89. The van der Waals surface area contributed by atoms with Crippen molar-refractivity contribution >= 4 is 42.7 Å². The van der Waals surface area contributed by atoms with Crippen LogP contribution in [-0.4, -0.2) is 65.0 Å². The zero-order chi connectivity index (χ0) is 26.1. The van der Waals surface area contributed by atoms with Gasteiger partial charge in [0, 0.05) is 0 Å². The maximum atomic E-state index is 13.1. The lowest BCUT2D eigenvalue weighted by molar-refractivity contribution is -0.137. The highest BCUT2D eigenvalue weighted by atomic mass is 35.5. The van der Waals surface area contributed by atoms with Crippen LogP contribution in [0.15, 0.2) is 34.9 Å². The minimum absolute atomic E-state index is 0.0793. The van der Waals surface area contributed by atoms with Gasteiger partial charge in [-0.25, -0.2) is 4.79 Å². The second kappa shape index (κ2) is 10.8. The number of amides is 3. The molecule has 0 bridgehead atoms. The molecule has 0 spiro atoms. The molecular formula is C25H29BClNO8. The van der Waals surface area contributed by atoms with Gasteiger partial charge in [0.25, 0.3) is 0 Å². The van der Waals surface area contributed by atoms with E-state index in [0.29, 0.717) is 28.3 Å². The molecule has 3 N–H and O–H groups in total. The summed E-state index contributed by atoms with van der Waals surface area (Å²) in [6.07, 6.45) is 2.38. The van der Waals surface area contributed by atoms with Crippen LogP contribution in [0.4, 0.5) is 4.79 Å². The van der Waals surface area contributed by atoms with Gasteiger partial charge in [-0.2, -0.15) is 4.90 Å². The summed E-state index contributed by atoms with van der Waals surface area (Å²) in [7, 11) is -0.0512. The van der Waals surface area contributed by atoms with Gasteiger partial charge in [0.2, 0.25) is 11.8 Å². The summed E-state index contributed by atoms with van der Waals surface area (Å²) in [5.41, 5.74) is 3.17. The molecule has 11 heteroatoms. The molecule has 1 aromatic rings. The number of hydrogen-bond acceptors (Lipinski definition) is 8. The van der Waals surface area contributed by atoms with E-state index in [2.05, 4.69) is 4.74 Å². The van der Waals surface area contributed by atoms with Crippen LogP contribution >= 0.6 is 11.6 Å². The fraction of sp³-hybridized carbons (Fsp3) is 0.480. The molecule has 1 aliphatic carbocycles.